The summed E-state index contributed by atoms with van der Waals surface area (Å²) in [5.74, 6) is 0.218. The van der Waals surface area contributed by atoms with Crippen LogP contribution < -0.4 is 10.8 Å². The first-order valence-electron chi connectivity index (χ1n) is 8.99. The largest absolute Gasteiger partial charge is 0.354 e. The van der Waals surface area contributed by atoms with Gasteiger partial charge in [0.15, 0.2) is 0 Å². The van der Waals surface area contributed by atoms with Gasteiger partial charge < -0.3 is 5.32 Å². The van der Waals surface area contributed by atoms with E-state index in [9.17, 15) is 4.79 Å². The van der Waals surface area contributed by atoms with Crippen LogP contribution >= 0.6 is 50.1 Å². The predicted octanol–water partition coefficient (Wildman–Crippen LogP) is 5.71. The van der Waals surface area contributed by atoms with Gasteiger partial charge in [0.2, 0.25) is 0 Å². The molecule has 1 amide bonds. The van der Waals surface area contributed by atoms with Crippen LogP contribution in [0.1, 0.15) is 23.2 Å². The van der Waals surface area contributed by atoms with E-state index in [2.05, 4.69) is 54.4 Å². The summed E-state index contributed by atoms with van der Waals surface area (Å²) in [6.45, 7) is 0.532. The topological polar surface area (TPSA) is 68.2 Å². The summed E-state index contributed by atoms with van der Waals surface area (Å²) in [5, 5.41) is 8.12. The summed E-state index contributed by atoms with van der Waals surface area (Å²) < 4.78 is 3.47. The monoisotopic (exact) mass is 586 g/mol. The van der Waals surface area contributed by atoms with Crippen molar-refractivity contribution < 1.29 is 9.63 Å². The first-order chi connectivity index (χ1) is 14.0. The molecule has 1 aliphatic rings. The van der Waals surface area contributed by atoms with Crippen LogP contribution in [0.15, 0.2) is 53.3 Å². The fraction of sp³-hybridized carbons (Fsp3) is 0.200. The zero-order valence-electron chi connectivity index (χ0n) is 15.2. The smallest absolute Gasteiger partial charge is 0.276 e. The maximum atomic E-state index is 12.8. The third-order valence-electron chi connectivity index (χ3n) is 4.46. The lowest BCUT2D eigenvalue weighted by atomic mass is 10.1. The van der Waals surface area contributed by atoms with Crippen molar-refractivity contribution in [3.8, 4) is 5.69 Å². The van der Waals surface area contributed by atoms with E-state index >= 15 is 0 Å². The first kappa shape index (κ1) is 20.6. The summed E-state index contributed by atoms with van der Waals surface area (Å²) in [7, 11) is 0. The Hall–Kier alpha value is -1.62. The number of carbonyl (C=O) groups excluding carboxylic acids is 1. The minimum absolute atomic E-state index is 0.331. The highest BCUT2D eigenvalue weighted by Crippen LogP contribution is 2.33. The van der Waals surface area contributed by atoms with Gasteiger partial charge in [-0.05, 0) is 93.7 Å². The fourth-order valence-corrected chi connectivity index (χ4v) is 4.17. The number of benzene rings is 2. The Morgan fingerprint density at radius 3 is 2.83 bits per heavy atom. The van der Waals surface area contributed by atoms with E-state index < -0.39 is 0 Å². The van der Waals surface area contributed by atoms with E-state index in [0.717, 1.165) is 26.6 Å². The second-order valence-corrected chi connectivity index (χ2v) is 9.24. The molecule has 0 saturated heterocycles. The molecule has 0 aliphatic heterocycles. The molecular weight excluding hydrogens is 571 g/mol. The Morgan fingerprint density at radius 2 is 2.14 bits per heavy atom. The quantitative estimate of drug-likeness (QED) is 0.275. The minimum atomic E-state index is -0.331. The van der Waals surface area contributed by atoms with E-state index in [4.69, 9.17) is 16.4 Å². The van der Waals surface area contributed by atoms with Crippen molar-refractivity contribution in [1.29, 1.82) is 0 Å². The van der Waals surface area contributed by atoms with Gasteiger partial charge in [-0.2, -0.15) is 5.10 Å². The Kier molecular flexibility index (Phi) is 6.43. The third-order valence-corrected chi connectivity index (χ3v) is 6.08. The van der Waals surface area contributed by atoms with Crippen molar-refractivity contribution in [3.63, 3.8) is 0 Å². The summed E-state index contributed by atoms with van der Waals surface area (Å²) in [4.78, 5) is 18.2. The molecule has 6 nitrogen and oxygen atoms in total. The standard InChI is InChI=1S/C20H17BrClIN4O2/c21-15-9-14(20(28)26-29-11-12-2-3-12)18(10-19(15)27-7-1-6-24-27)25-17-5-4-13(23)8-16(17)22/h1,4-10,12,25H,2-3,11H2,(H,26,28). The molecule has 29 heavy (non-hydrogen) atoms. The molecule has 1 fully saturated rings. The molecule has 3 aromatic rings. The number of hydrogen-bond donors (Lipinski definition) is 2. The van der Waals surface area contributed by atoms with E-state index in [1.807, 2.05) is 36.5 Å². The number of halogens is 3. The molecular formula is C20H17BrClIN4O2. The zero-order chi connectivity index (χ0) is 20.4. The Bertz CT molecular complexity index is 1040. The molecule has 0 radical (unpaired) electrons. The van der Waals surface area contributed by atoms with Gasteiger partial charge in [-0.25, -0.2) is 10.2 Å². The second-order valence-electron chi connectivity index (χ2n) is 6.73. The summed E-state index contributed by atoms with van der Waals surface area (Å²) in [6.07, 6.45) is 5.83. The fourth-order valence-electron chi connectivity index (χ4n) is 2.74. The number of amides is 1. The van der Waals surface area contributed by atoms with Crippen LogP contribution in [0.4, 0.5) is 11.4 Å². The number of aromatic nitrogens is 2. The molecule has 1 aromatic heterocycles. The number of hydroxylamine groups is 1. The van der Waals surface area contributed by atoms with E-state index in [1.54, 1.807) is 16.9 Å². The van der Waals surface area contributed by atoms with E-state index in [0.29, 0.717) is 34.5 Å². The zero-order valence-corrected chi connectivity index (χ0v) is 19.7. The van der Waals surface area contributed by atoms with Crippen LogP contribution in [0.2, 0.25) is 5.02 Å². The van der Waals surface area contributed by atoms with Gasteiger partial charge in [0.25, 0.3) is 5.91 Å². The SMILES string of the molecule is O=C(NOCC1CC1)c1cc(Br)c(-n2cccn2)cc1Nc1ccc(I)cc1Cl. The van der Waals surface area contributed by atoms with Crippen LogP contribution in [0.3, 0.4) is 0 Å². The van der Waals surface area contributed by atoms with Crippen molar-refractivity contribution in [2.75, 3.05) is 11.9 Å². The highest BCUT2D eigenvalue weighted by atomic mass is 127. The highest BCUT2D eigenvalue weighted by Gasteiger charge is 2.23. The molecule has 1 aliphatic carbocycles. The van der Waals surface area contributed by atoms with Crippen LogP contribution in [0.25, 0.3) is 5.69 Å². The van der Waals surface area contributed by atoms with Gasteiger partial charge in [0.1, 0.15) is 0 Å². The number of nitrogens with zero attached hydrogens (tertiary/aromatic N) is 2. The summed E-state index contributed by atoms with van der Waals surface area (Å²) in [5.41, 5.74) is 5.06. The molecule has 4 rings (SSSR count). The summed E-state index contributed by atoms with van der Waals surface area (Å²) >= 11 is 12.1. The molecule has 150 valence electrons. The van der Waals surface area contributed by atoms with Crippen LogP contribution in [0.5, 0.6) is 0 Å². The first-order valence-corrected chi connectivity index (χ1v) is 11.2. The number of nitrogens with one attached hydrogen (secondary N) is 2. The van der Waals surface area contributed by atoms with Crippen molar-refractivity contribution in [1.82, 2.24) is 15.3 Å². The van der Waals surface area contributed by atoms with Crippen LogP contribution in [-0.4, -0.2) is 22.3 Å². The lowest BCUT2D eigenvalue weighted by molar-refractivity contribution is 0.0271. The van der Waals surface area contributed by atoms with Crippen LogP contribution in [-0.2, 0) is 4.84 Å². The molecule has 1 saturated carbocycles. The highest BCUT2D eigenvalue weighted by molar-refractivity contribution is 14.1. The Balaban J connectivity index is 1.67. The van der Waals surface area contributed by atoms with Gasteiger partial charge in [-0.1, -0.05) is 11.6 Å². The van der Waals surface area contributed by atoms with E-state index in [1.165, 1.54) is 0 Å². The normalized spacial score (nSPS) is 13.3. The molecule has 1 heterocycles. The number of carbonyl (C=O) groups is 1. The average molecular weight is 588 g/mol. The molecule has 0 spiro atoms. The Morgan fingerprint density at radius 1 is 1.31 bits per heavy atom. The average Bonchev–Trinajstić information content (AvgIpc) is 3.35. The number of rotatable bonds is 7. The van der Waals surface area contributed by atoms with Gasteiger partial charge in [-0.15, -0.1) is 0 Å². The van der Waals surface area contributed by atoms with Crippen molar-refractivity contribution in [2.24, 2.45) is 5.92 Å². The third kappa shape index (κ3) is 5.11. The molecule has 2 aromatic carbocycles. The van der Waals surface area contributed by atoms with Crippen molar-refractivity contribution in [2.45, 2.75) is 12.8 Å². The number of hydrogen-bond acceptors (Lipinski definition) is 4. The molecule has 0 atom stereocenters. The van der Waals surface area contributed by atoms with Crippen molar-refractivity contribution in [3.05, 3.63) is 67.4 Å². The van der Waals surface area contributed by atoms with Crippen LogP contribution in [0, 0.1) is 9.49 Å². The van der Waals surface area contributed by atoms with Gasteiger partial charge >= 0.3 is 0 Å². The minimum Gasteiger partial charge on any atom is -0.354 e. The van der Waals surface area contributed by atoms with Gasteiger partial charge in [0, 0.05) is 20.4 Å². The lowest BCUT2D eigenvalue weighted by Crippen LogP contribution is -2.25. The van der Waals surface area contributed by atoms with E-state index in [-0.39, 0.29) is 5.91 Å². The maximum Gasteiger partial charge on any atom is 0.276 e. The Labute approximate surface area is 195 Å². The van der Waals surface area contributed by atoms with Crippen molar-refractivity contribution >= 4 is 67.4 Å². The predicted molar refractivity (Wildman–Crippen MR) is 125 cm³/mol. The molecule has 9 heteroatoms. The van der Waals surface area contributed by atoms with Gasteiger partial charge in [-0.3, -0.25) is 9.63 Å². The summed E-state index contributed by atoms with van der Waals surface area (Å²) in [6, 6.07) is 11.1. The molecule has 2 N–H and O–H groups in total. The maximum absolute atomic E-state index is 12.8. The molecule has 0 bridgehead atoms. The lowest BCUT2D eigenvalue weighted by Gasteiger charge is -2.16. The number of anilines is 2. The van der Waals surface area contributed by atoms with Gasteiger partial charge in [0.05, 0.1) is 34.3 Å². The second kappa shape index (κ2) is 9.03. The molecule has 0 unspecified atom stereocenters.